The minimum absolute atomic E-state index is 0.185. The number of halogens is 1. The van der Waals surface area contributed by atoms with Crippen LogP contribution in [0.5, 0.6) is 0 Å². The molecule has 2 aromatic heterocycles. The van der Waals surface area contributed by atoms with Gasteiger partial charge in [-0.1, -0.05) is 12.1 Å². The Morgan fingerprint density at radius 2 is 2.10 bits per heavy atom. The highest BCUT2D eigenvalue weighted by Gasteiger charge is 2.07. The minimum Gasteiger partial charge on any atom is -0.377 e. The summed E-state index contributed by atoms with van der Waals surface area (Å²) < 4.78 is 2.96. The van der Waals surface area contributed by atoms with E-state index in [1.54, 1.807) is 18.7 Å². The number of pyridine rings is 1. The average molecular weight is 343 g/mol. The van der Waals surface area contributed by atoms with E-state index in [9.17, 15) is 0 Å². The fourth-order valence-electron chi connectivity index (χ4n) is 2.19. The molecule has 1 N–H and O–H groups in total. The predicted molar refractivity (Wildman–Crippen MR) is 87.5 cm³/mol. The summed E-state index contributed by atoms with van der Waals surface area (Å²) in [7, 11) is 0. The second-order valence-electron chi connectivity index (χ2n) is 4.82. The number of nitrogens with one attached hydrogen (secondary N) is 1. The van der Waals surface area contributed by atoms with Gasteiger partial charge in [0.1, 0.15) is 0 Å². The van der Waals surface area contributed by atoms with Crippen molar-refractivity contribution in [3.05, 3.63) is 71.5 Å². The first-order valence-corrected chi connectivity index (χ1v) is 7.47. The van der Waals surface area contributed by atoms with E-state index in [-0.39, 0.29) is 6.04 Å². The quantitative estimate of drug-likeness (QED) is 0.772. The van der Waals surface area contributed by atoms with Crippen LogP contribution in [0.1, 0.15) is 18.5 Å². The van der Waals surface area contributed by atoms with Crippen LogP contribution >= 0.6 is 15.9 Å². The molecule has 1 atom stereocenters. The third-order valence-corrected chi connectivity index (χ3v) is 3.69. The summed E-state index contributed by atoms with van der Waals surface area (Å²) in [6.07, 6.45) is 9.11. The van der Waals surface area contributed by atoms with Gasteiger partial charge in [0.2, 0.25) is 0 Å². The first-order valence-electron chi connectivity index (χ1n) is 6.68. The first kappa shape index (κ1) is 13.8. The lowest BCUT2D eigenvalue weighted by molar-refractivity contribution is 0.878. The summed E-state index contributed by atoms with van der Waals surface area (Å²) in [5.41, 5.74) is 3.30. The van der Waals surface area contributed by atoms with Crippen molar-refractivity contribution in [1.82, 2.24) is 14.5 Å². The van der Waals surface area contributed by atoms with Crippen LogP contribution in [-0.4, -0.2) is 14.5 Å². The zero-order valence-electron chi connectivity index (χ0n) is 11.6. The molecule has 4 nitrogen and oxygen atoms in total. The molecule has 0 saturated carbocycles. The van der Waals surface area contributed by atoms with Crippen molar-refractivity contribution in [3.63, 3.8) is 0 Å². The van der Waals surface area contributed by atoms with Crippen molar-refractivity contribution in [2.24, 2.45) is 0 Å². The Hall–Kier alpha value is -2.14. The van der Waals surface area contributed by atoms with Crippen LogP contribution in [0.4, 0.5) is 5.69 Å². The molecular weight excluding hydrogens is 328 g/mol. The molecule has 21 heavy (non-hydrogen) atoms. The van der Waals surface area contributed by atoms with E-state index in [4.69, 9.17) is 0 Å². The van der Waals surface area contributed by atoms with E-state index < -0.39 is 0 Å². The summed E-state index contributed by atoms with van der Waals surface area (Å²) in [5.74, 6) is 0. The molecule has 0 aliphatic rings. The third-order valence-electron chi connectivity index (χ3n) is 3.26. The van der Waals surface area contributed by atoms with Crippen molar-refractivity contribution >= 4 is 21.6 Å². The highest BCUT2D eigenvalue weighted by molar-refractivity contribution is 9.10. The Kier molecular flexibility index (Phi) is 4.01. The molecular formula is C16H15BrN4. The number of hydrogen-bond acceptors (Lipinski definition) is 3. The van der Waals surface area contributed by atoms with Gasteiger partial charge in [0, 0.05) is 34.8 Å². The zero-order valence-corrected chi connectivity index (χ0v) is 13.2. The Labute approximate surface area is 132 Å². The topological polar surface area (TPSA) is 42.7 Å². The van der Waals surface area contributed by atoms with E-state index in [0.717, 1.165) is 15.8 Å². The lowest BCUT2D eigenvalue weighted by Gasteiger charge is -2.16. The molecule has 0 aliphatic heterocycles. The maximum absolute atomic E-state index is 4.17. The van der Waals surface area contributed by atoms with Crippen LogP contribution < -0.4 is 5.32 Å². The molecule has 5 heteroatoms. The van der Waals surface area contributed by atoms with Gasteiger partial charge in [-0.05, 0) is 46.6 Å². The van der Waals surface area contributed by atoms with Crippen LogP contribution in [0.2, 0.25) is 0 Å². The normalized spacial score (nSPS) is 12.1. The van der Waals surface area contributed by atoms with Crippen molar-refractivity contribution in [2.45, 2.75) is 13.0 Å². The van der Waals surface area contributed by atoms with Gasteiger partial charge in [0.05, 0.1) is 18.2 Å². The van der Waals surface area contributed by atoms with E-state index in [0.29, 0.717) is 0 Å². The predicted octanol–water partition coefficient (Wildman–Crippen LogP) is 4.20. The van der Waals surface area contributed by atoms with Gasteiger partial charge in [-0.3, -0.25) is 4.98 Å². The second-order valence-corrected chi connectivity index (χ2v) is 5.74. The maximum Gasteiger partial charge on any atom is 0.0991 e. The maximum atomic E-state index is 4.17. The number of imidazole rings is 1. The number of benzene rings is 1. The summed E-state index contributed by atoms with van der Waals surface area (Å²) in [6.45, 7) is 2.13. The Bertz CT molecular complexity index is 725. The molecule has 3 aromatic rings. The molecule has 0 amide bonds. The summed E-state index contributed by atoms with van der Waals surface area (Å²) in [6, 6.07) is 10.6. The van der Waals surface area contributed by atoms with Crippen molar-refractivity contribution in [2.75, 3.05) is 5.32 Å². The van der Waals surface area contributed by atoms with Gasteiger partial charge in [-0.2, -0.15) is 0 Å². The smallest absolute Gasteiger partial charge is 0.0991 e. The van der Waals surface area contributed by atoms with Gasteiger partial charge in [0.25, 0.3) is 0 Å². The lowest BCUT2D eigenvalue weighted by atomic mass is 10.1. The van der Waals surface area contributed by atoms with E-state index in [1.807, 2.05) is 23.0 Å². The molecule has 0 bridgehead atoms. The van der Waals surface area contributed by atoms with E-state index in [2.05, 4.69) is 62.4 Å². The number of aromatic nitrogens is 3. The lowest BCUT2D eigenvalue weighted by Crippen LogP contribution is -2.07. The van der Waals surface area contributed by atoms with Gasteiger partial charge in [0.15, 0.2) is 0 Å². The van der Waals surface area contributed by atoms with Gasteiger partial charge < -0.3 is 9.88 Å². The minimum atomic E-state index is 0.185. The second kappa shape index (κ2) is 6.10. The molecule has 106 valence electrons. The Morgan fingerprint density at radius 3 is 2.86 bits per heavy atom. The van der Waals surface area contributed by atoms with Gasteiger partial charge in [-0.15, -0.1) is 0 Å². The summed E-state index contributed by atoms with van der Waals surface area (Å²) in [5, 5.41) is 3.45. The van der Waals surface area contributed by atoms with Crippen LogP contribution in [0.25, 0.3) is 5.69 Å². The van der Waals surface area contributed by atoms with Gasteiger partial charge >= 0.3 is 0 Å². The fraction of sp³-hybridized carbons (Fsp3) is 0.125. The largest absolute Gasteiger partial charge is 0.377 e. The van der Waals surface area contributed by atoms with E-state index >= 15 is 0 Å². The molecule has 1 aromatic carbocycles. The van der Waals surface area contributed by atoms with Crippen LogP contribution in [0, 0.1) is 0 Å². The van der Waals surface area contributed by atoms with Crippen LogP contribution in [-0.2, 0) is 0 Å². The summed E-state index contributed by atoms with van der Waals surface area (Å²) in [4.78, 5) is 8.25. The highest BCUT2D eigenvalue weighted by atomic mass is 79.9. The monoisotopic (exact) mass is 342 g/mol. The molecule has 2 heterocycles. The first-order chi connectivity index (χ1) is 10.2. The van der Waals surface area contributed by atoms with E-state index in [1.165, 1.54) is 5.56 Å². The molecule has 0 aliphatic carbocycles. The van der Waals surface area contributed by atoms with Crippen molar-refractivity contribution < 1.29 is 0 Å². The Balaban J connectivity index is 1.81. The van der Waals surface area contributed by atoms with Gasteiger partial charge in [-0.25, -0.2) is 4.98 Å². The third kappa shape index (κ3) is 3.31. The molecule has 0 spiro atoms. The van der Waals surface area contributed by atoms with Crippen LogP contribution in [0.15, 0.2) is 65.9 Å². The molecule has 0 unspecified atom stereocenters. The summed E-state index contributed by atoms with van der Waals surface area (Å²) >= 11 is 3.43. The number of anilines is 1. The van der Waals surface area contributed by atoms with Crippen molar-refractivity contribution in [1.29, 1.82) is 0 Å². The average Bonchev–Trinajstić information content (AvgIpc) is 3.02. The van der Waals surface area contributed by atoms with Crippen LogP contribution in [0.3, 0.4) is 0 Å². The zero-order chi connectivity index (χ0) is 14.7. The van der Waals surface area contributed by atoms with Crippen molar-refractivity contribution in [3.8, 4) is 5.69 Å². The number of rotatable bonds is 4. The standard InChI is InChI=1S/C16H15BrN4/c1-12(20-15-8-14(17)9-19-10-15)13-3-2-4-16(7-13)21-6-5-18-11-21/h2-12,20H,1H3/t12-/m0/s1. The highest BCUT2D eigenvalue weighted by Crippen LogP contribution is 2.22. The SMILES string of the molecule is C[C@H](Nc1cncc(Br)c1)c1cccc(-n2ccnc2)c1. The molecule has 0 fully saturated rings. The molecule has 3 rings (SSSR count). The number of hydrogen-bond donors (Lipinski definition) is 1. The Morgan fingerprint density at radius 1 is 1.19 bits per heavy atom. The molecule has 0 saturated heterocycles. The molecule has 0 radical (unpaired) electrons. The fourth-order valence-corrected chi connectivity index (χ4v) is 2.56. The number of nitrogens with zero attached hydrogens (tertiary/aromatic N) is 3.